The number of carboxylic acids is 1. The van der Waals surface area contributed by atoms with Gasteiger partial charge in [0, 0.05) is 0 Å². The smallest absolute Gasteiger partial charge is 0.389 e. The second-order valence-corrected chi connectivity index (χ2v) is 3.48. The van der Waals surface area contributed by atoms with Crippen molar-refractivity contribution in [3.8, 4) is 0 Å². The molecular formula is C10H13NO4. The van der Waals surface area contributed by atoms with E-state index in [1.165, 1.54) is 19.9 Å². The molecule has 0 aromatic carbocycles. The average Bonchev–Trinajstić information content (AvgIpc) is 2.13. The van der Waals surface area contributed by atoms with Gasteiger partial charge in [-0.05, 0) is 13.8 Å². The predicted molar refractivity (Wildman–Crippen MR) is 53.0 cm³/mol. The van der Waals surface area contributed by atoms with Crippen molar-refractivity contribution >= 4 is 11.9 Å². The number of carbonyl (C=O) groups is 2. The minimum Gasteiger partial charge on any atom is -0.475 e. The van der Waals surface area contributed by atoms with E-state index in [4.69, 9.17) is 16.4 Å². The highest BCUT2D eigenvalue weighted by molar-refractivity contribution is 5.87. The summed E-state index contributed by atoms with van der Waals surface area (Å²) in [4.78, 5) is 25.1. The van der Waals surface area contributed by atoms with Crippen LogP contribution in [0.2, 0.25) is 0 Å². The third kappa shape index (κ3) is 3.09. The molecule has 15 heavy (non-hydrogen) atoms. The molecule has 0 aromatic heterocycles. The van der Waals surface area contributed by atoms with Crippen LogP contribution in [0, 0.1) is 12.0 Å². The molecule has 5 nitrogen and oxygen atoms in total. The van der Waals surface area contributed by atoms with Crippen LogP contribution >= 0.6 is 0 Å². The Hall–Kier alpha value is -1.83. The lowest BCUT2D eigenvalue weighted by Gasteiger charge is -2.20. The Morgan fingerprint density at radius 3 is 2.53 bits per heavy atom. The topological polar surface area (TPSA) is 68.0 Å². The highest BCUT2D eigenvalue weighted by Crippen LogP contribution is 2.25. The van der Waals surface area contributed by atoms with Crippen LogP contribution < -0.4 is 0 Å². The van der Waals surface area contributed by atoms with Crippen LogP contribution in [-0.4, -0.2) is 29.7 Å². The van der Waals surface area contributed by atoms with E-state index in [0.29, 0.717) is 0 Å². The van der Waals surface area contributed by atoms with E-state index in [1.807, 2.05) is 0 Å². The standard InChI is InChI=1S/C10H13NO4/c1-5-6-15-9(14)10(2,3)7(11-4)8(12)13/h5,7H,1,6H2,2-3H3,(H,12,13). The minimum atomic E-state index is -1.44. The van der Waals surface area contributed by atoms with Crippen molar-refractivity contribution in [3.05, 3.63) is 24.1 Å². The van der Waals surface area contributed by atoms with Gasteiger partial charge in [0.05, 0.1) is 0 Å². The Labute approximate surface area is 88.2 Å². The SMILES string of the molecule is [C-]#[N+]C(C(=O)O)C(C)(C)C(=O)OCC=C. The average molecular weight is 211 g/mol. The molecule has 0 fully saturated rings. The number of esters is 1. The summed E-state index contributed by atoms with van der Waals surface area (Å²) in [5, 5.41) is 8.74. The van der Waals surface area contributed by atoms with Crippen LogP contribution in [0.1, 0.15) is 13.8 Å². The Morgan fingerprint density at radius 1 is 1.67 bits per heavy atom. The van der Waals surface area contributed by atoms with Crippen LogP contribution in [0.25, 0.3) is 4.85 Å². The van der Waals surface area contributed by atoms with Crippen molar-refractivity contribution in [3.63, 3.8) is 0 Å². The molecule has 0 aliphatic carbocycles. The number of hydrogen-bond donors (Lipinski definition) is 1. The Morgan fingerprint density at radius 2 is 2.20 bits per heavy atom. The molecule has 0 heterocycles. The molecular weight excluding hydrogens is 198 g/mol. The molecule has 0 rings (SSSR count). The summed E-state index contributed by atoms with van der Waals surface area (Å²) in [6, 6.07) is -1.44. The number of hydrogen-bond acceptors (Lipinski definition) is 3. The normalized spacial score (nSPS) is 12.3. The van der Waals surface area contributed by atoms with Gasteiger partial charge >= 0.3 is 18.0 Å². The van der Waals surface area contributed by atoms with E-state index in [0.717, 1.165) is 0 Å². The van der Waals surface area contributed by atoms with E-state index >= 15 is 0 Å². The summed E-state index contributed by atoms with van der Waals surface area (Å²) in [6.45, 7) is 12.8. The summed E-state index contributed by atoms with van der Waals surface area (Å²) in [5.74, 6) is -2.05. The molecule has 1 N–H and O–H groups in total. The van der Waals surface area contributed by atoms with Crippen LogP contribution in [0.3, 0.4) is 0 Å². The molecule has 0 bridgehead atoms. The Balaban J connectivity index is 4.78. The van der Waals surface area contributed by atoms with Gasteiger partial charge in [-0.15, -0.1) is 0 Å². The van der Waals surface area contributed by atoms with E-state index in [9.17, 15) is 9.59 Å². The van der Waals surface area contributed by atoms with Crippen molar-refractivity contribution < 1.29 is 19.4 Å². The zero-order valence-electron chi connectivity index (χ0n) is 8.69. The van der Waals surface area contributed by atoms with Gasteiger partial charge in [-0.3, -0.25) is 9.64 Å². The van der Waals surface area contributed by atoms with Crippen molar-refractivity contribution in [2.75, 3.05) is 6.61 Å². The first-order chi connectivity index (χ1) is 6.87. The molecule has 0 radical (unpaired) electrons. The molecule has 0 aliphatic heterocycles. The number of rotatable bonds is 5. The Kier molecular flexibility index (Phi) is 4.52. The lowest BCUT2D eigenvalue weighted by atomic mass is 9.85. The summed E-state index contributed by atoms with van der Waals surface area (Å²) in [6.07, 6.45) is 1.38. The van der Waals surface area contributed by atoms with Gasteiger partial charge in [0.1, 0.15) is 12.0 Å². The van der Waals surface area contributed by atoms with Crippen molar-refractivity contribution in [1.82, 2.24) is 0 Å². The number of aliphatic carboxylic acids is 1. The van der Waals surface area contributed by atoms with Gasteiger partial charge in [0.2, 0.25) is 0 Å². The molecule has 1 atom stereocenters. The molecule has 0 aliphatic rings. The van der Waals surface area contributed by atoms with Gasteiger partial charge in [-0.2, -0.15) is 0 Å². The predicted octanol–water partition coefficient (Wildman–Crippen LogP) is 1.11. The molecule has 0 saturated heterocycles. The molecule has 82 valence electrons. The van der Waals surface area contributed by atoms with Gasteiger partial charge in [-0.1, -0.05) is 12.7 Å². The zero-order chi connectivity index (χ0) is 12.1. The van der Waals surface area contributed by atoms with Crippen molar-refractivity contribution in [2.24, 2.45) is 5.41 Å². The Bertz CT molecular complexity index is 314. The van der Waals surface area contributed by atoms with Gasteiger partial charge < -0.3 is 9.84 Å². The second kappa shape index (κ2) is 5.15. The van der Waals surface area contributed by atoms with E-state index in [-0.39, 0.29) is 6.61 Å². The first kappa shape index (κ1) is 13.2. The fraction of sp³-hybridized carbons (Fsp3) is 0.500. The molecule has 0 aromatic rings. The second-order valence-electron chi connectivity index (χ2n) is 3.48. The first-order valence-corrected chi connectivity index (χ1v) is 4.25. The quantitative estimate of drug-likeness (QED) is 0.420. The van der Waals surface area contributed by atoms with Crippen LogP contribution in [0.5, 0.6) is 0 Å². The fourth-order valence-electron chi connectivity index (χ4n) is 0.958. The third-order valence-electron chi connectivity index (χ3n) is 1.90. The number of nitrogens with zero attached hydrogens (tertiary/aromatic N) is 1. The lowest BCUT2D eigenvalue weighted by molar-refractivity contribution is -0.158. The van der Waals surface area contributed by atoms with E-state index < -0.39 is 23.4 Å². The number of ether oxygens (including phenoxy) is 1. The van der Waals surface area contributed by atoms with Crippen molar-refractivity contribution in [2.45, 2.75) is 19.9 Å². The molecule has 0 amide bonds. The lowest BCUT2D eigenvalue weighted by Crippen LogP contribution is -2.41. The summed E-state index contributed by atoms with van der Waals surface area (Å²) < 4.78 is 4.73. The highest BCUT2D eigenvalue weighted by Gasteiger charge is 2.48. The number of carboxylic acid groups (broad SMARTS) is 1. The van der Waals surface area contributed by atoms with Gasteiger partial charge in [0.15, 0.2) is 0 Å². The number of carbonyl (C=O) groups excluding carboxylic acids is 1. The molecule has 1 unspecified atom stereocenters. The van der Waals surface area contributed by atoms with Gasteiger partial charge in [-0.25, -0.2) is 11.4 Å². The van der Waals surface area contributed by atoms with Crippen LogP contribution in [0.15, 0.2) is 12.7 Å². The highest BCUT2D eigenvalue weighted by atomic mass is 16.5. The van der Waals surface area contributed by atoms with Crippen molar-refractivity contribution in [1.29, 1.82) is 0 Å². The maximum atomic E-state index is 11.5. The minimum absolute atomic E-state index is 0.00655. The summed E-state index contributed by atoms with van der Waals surface area (Å²) >= 11 is 0. The van der Waals surface area contributed by atoms with Crippen LogP contribution in [0.4, 0.5) is 0 Å². The van der Waals surface area contributed by atoms with E-state index in [1.54, 1.807) is 0 Å². The summed E-state index contributed by atoms with van der Waals surface area (Å²) in [7, 11) is 0. The third-order valence-corrected chi connectivity index (χ3v) is 1.90. The summed E-state index contributed by atoms with van der Waals surface area (Å²) in [5.41, 5.74) is -1.36. The first-order valence-electron chi connectivity index (χ1n) is 4.25. The maximum Gasteiger partial charge on any atom is 0.389 e. The molecule has 0 spiro atoms. The maximum absolute atomic E-state index is 11.5. The molecule has 5 heteroatoms. The molecule has 0 saturated carbocycles. The van der Waals surface area contributed by atoms with Crippen LogP contribution in [-0.2, 0) is 14.3 Å². The monoisotopic (exact) mass is 211 g/mol. The largest absolute Gasteiger partial charge is 0.475 e. The van der Waals surface area contributed by atoms with Gasteiger partial charge in [0.25, 0.3) is 0 Å². The zero-order valence-corrected chi connectivity index (χ0v) is 8.69. The fourth-order valence-corrected chi connectivity index (χ4v) is 0.958. The van der Waals surface area contributed by atoms with E-state index in [2.05, 4.69) is 11.4 Å².